The molecule has 0 unspecified atom stereocenters. The molecule has 17 heavy (non-hydrogen) atoms. The fourth-order valence-corrected chi connectivity index (χ4v) is 2.04. The van der Waals surface area contributed by atoms with Gasteiger partial charge in [0.05, 0.1) is 12.1 Å². The maximum atomic E-state index is 13.0. The molecule has 0 spiro atoms. The Hall–Kier alpha value is -0.710. The minimum Gasteiger partial charge on any atom is -0.391 e. The number of hydrogen-bond acceptors (Lipinski definition) is 2. The largest absolute Gasteiger partial charge is 0.391 e. The van der Waals surface area contributed by atoms with Crippen LogP contribution in [0.5, 0.6) is 0 Å². The van der Waals surface area contributed by atoms with Crippen molar-refractivity contribution in [3.05, 3.63) is 35.4 Å². The van der Waals surface area contributed by atoms with Gasteiger partial charge in [0, 0.05) is 6.07 Å². The topological polar surface area (TPSA) is 46.2 Å². The van der Waals surface area contributed by atoms with Gasteiger partial charge in [0.1, 0.15) is 11.6 Å². The zero-order chi connectivity index (χ0) is 11.7. The summed E-state index contributed by atoms with van der Waals surface area (Å²) in [7, 11) is 0. The second-order valence-corrected chi connectivity index (χ2v) is 4.41. The summed E-state index contributed by atoms with van der Waals surface area (Å²) in [4.78, 5) is 0. The molecule has 1 saturated carbocycles. The molecule has 0 amide bonds. The van der Waals surface area contributed by atoms with E-state index in [0.717, 1.165) is 25.3 Å². The summed E-state index contributed by atoms with van der Waals surface area (Å²) in [5, 5.41) is 9.90. The second-order valence-electron chi connectivity index (χ2n) is 4.41. The Balaban J connectivity index is 0.00000144. The van der Waals surface area contributed by atoms with Crippen LogP contribution >= 0.6 is 12.4 Å². The fourth-order valence-electron chi connectivity index (χ4n) is 2.04. The summed E-state index contributed by atoms with van der Waals surface area (Å²) < 4.78 is 25.9. The van der Waals surface area contributed by atoms with Gasteiger partial charge in [-0.05, 0) is 36.5 Å². The lowest BCUT2D eigenvalue weighted by Crippen LogP contribution is -2.36. The van der Waals surface area contributed by atoms with E-state index in [1.807, 2.05) is 0 Å². The SMILES string of the molecule is Cl.N[C@@H](c1cc(F)cc(F)c1)[C@H](O)C1CCC1. The first-order valence-electron chi connectivity index (χ1n) is 5.47. The van der Waals surface area contributed by atoms with Crippen LogP contribution in [0.2, 0.25) is 0 Å². The van der Waals surface area contributed by atoms with Crippen molar-refractivity contribution in [3.63, 3.8) is 0 Å². The number of halogens is 3. The first kappa shape index (κ1) is 14.4. The second kappa shape index (κ2) is 5.76. The highest BCUT2D eigenvalue weighted by atomic mass is 35.5. The van der Waals surface area contributed by atoms with Gasteiger partial charge in [-0.3, -0.25) is 0 Å². The van der Waals surface area contributed by atoms with Crippen molar-refractivity contribution in [1.29, 1.82) is 0 Å². The molecule has 2 atom stereocenters. The highest BCUT2D eigenvalue weighted by Gasteiger charge is 2.30. The van der Waals surface area contributed by atoms with Gasteiger partial charge in [-0.1, -0.05) is 6.42 Å². The first-order valence-corrected chi connectivity index (χ1v) is 5.47. The van der Waals surface area contributed by atoms with Crippen molar-refractivity contribution >= 4 is 12.4 Å². The molecular formula is C12H16ClF2NO. The molecule has 1 aliphatic carbocycles. The van der Waals surface area contributed by atoms with Crippen LogP contribution in [0.1, 0.15) is 30.9 Å². The van der Waals surface area contributed by atoms with E-state index in [4.69, 9.17) is 5.73 Å². The molecule has 1 fully saturated rings. The van der Waals surface area contributed by atoms with E-state index >= 15 is 0 Å². The Morgan fingerprint density at radius 1 is 1.18 bits per heavy atom. The van der Waals surface area contributed by atoms with Crippen molar-refractivity contribution in [2.75, 3.05) is 0 Å². The highest BCUT2D eigenvalue weighted by Crippen LogP contribution is 2.34. The third kappa shape index (κ3) is 3.15. The number of benzene rings is 1. The zero-order valence-corrected chi connectivity index (χ0v) is 10.1. The average Bonchev–Trinajstić information content (AvgIpc) is 2.12. The lowest BCUT2D eigenvalue weighted by molar-refractivity contribution is 0.0412. The van der Waals surface area contributed by atoms with Gasteiger partial charge in [-0.25, -0.2) is 8.78 Å². The summed E-state index contributed by atoms with van der Waals surface area (Å²) in [6.07, 6.45) is 2.25. The van der Waals surface area contributed by atoms with Crippen LogP contribution in [-0.2, 0) is 0 Å². The third-order valence-electron chi connectivity index (χ3n) is 3.27. The van der Waals surface area contributed by atoms with E-state index in [1.54, 1.807) is 0 Å². The Kier molecular flexibility index (Phi) is 4.86. The van der Waals surface area contributed by atoms with E-state index in [9.17, 15) is 13.9 Å². The molecule has 96 valence electrons. The molecule has 5 heteroatoms. The molecule has 0 aromatic heterocycles. The molecule has 2 nitrogen and oxygen atoms in total. The Labute approximate surface area is 105 Å². The smallest absolute Gasteiger partial charge is 0.126 e. The van der Waals surface area contributed by atoms with E-state index in [-0.39, 0.29) is 18.3 Å². The molecule has 0 aliphatic heterocycles. The summed E-state index contributed by atoms with van der Waals surface area (Å²) in [5.74, 6) is -1.15. The van der Waals surface area contributed by atoms with Crippen LogP contribution in [0.15, 0.2) is 18.2 Å². The summed E-state index contributed by atoms with van der Waals surface area (Å²) >= 11 is 0. The summed E-state index contributed by atoms with van der Waals surface area (Å²) in [6.45, 7) is 0. The van der Waals surface area contributed by atoms with Gasteiger partial charge in [0.2, 0.25) is 0 Å². The summed E-state index contributed by atoms with van der Waals surface area (Å²) in [6, 6.07) is 2.44. The van der Waals surface area contributed by atoms with E-state index in [1.165, 1.54) is 12.1 Å². The van der Waals surface area contributed by atoms with Gasteiger partial charge < -0.3 is 10.8 Å². The maximum absolute atomic E-state index is 13.0. The van der Waals surface area contributed by atoms with Crippen LogP contribution in [0.4, 0.5) is 8.78 Å². The predicted molar refractivity (Wildman–Crippen MR) is 63.9 cm³/mol. The van der Waals surface area contributed by atoms with Crippen LogP contribution in [0, 0.1) is 17.6 Å². The van der Waals surface area contributed by atoms with Crippen molar-refractivity contribution in [1.82, 2.24) is 0 Å². The van der Waals surface area contributed by atoms with E-state index in [0.29, 0.717) is 5.56 Å². The molecule has 2 rings (SSSR count). The molecular weight excluding hydrogens is 248 g/mol. The predicted octanol–water partition coefficient (Wildman–Crippen LogP) is 2.55. The van der Waals surface area contributed by atoms with E-state index in [2.05, 4.69) is 0 Å². The van der Waals surface area contributed by atoms with Gasteiger partial charge >= 0.3 is 0 Å². The Morgan fingerprint density at radius 3 is 2.12 bits per heavy atom. The molecule has 0 bridgehead atoms. The molecule has 0 radical (unpaired) electrons. The quantitative estimate of drug-likeness (QED) is 0.880. The number of nitrogens with two attached hydrogens (primary N) is 1. The van der Waals surface area contributed by atoms with Crippen LogP contribution < -0.4 is 5.73 Å². The monoisotopic (exact) mass is 263 g/mol. The van der Waals surface area contributed by atoms with Gasteiger partial charge in [0.25, 0.3) is 0 Å². The van der Waals surface area contributed by atoms with Crippen molar-refractivity contribution in [2.45, 2.75) is 31.4 Å². The fraction of sp³-hybridized carbons (Fsp3) is 0.500. The Bertz CT molecular complexity index is 365. The standard InChI is InChI=1S/C12H15F2NO.ClH/c13-9-4-8(5-10(14)6-9)11(15)12(16)7-2-1-3-7;/h4-7,11-12,16H,1-3,15H2;1H/t11-,12+;/m0./s1. The maximum Gasteiger partial charge on any atom is 0.126 e. The van der Waals surface area contributed by atoms with Gasteiger partial charge in [-0.15, -0.1) is 12.4 Å². The van der Waals surface area contributed by atoms with Crippen LogP contribution in [0.25, 0.3) is 0 Å². The average molecular weight is 264 g/mol. The number of hydrogen-bond donors (Lipinski definition) is 2. The minimum atomic E-state index is -0.713. The van der Waals surface area contributed by atoms with Gasteiger partial charge in [-0.2, -0.15) is 0 Å². The first-order chi connectivity index (χ1) is 7.58. The third-order valence-corrected chi connectivity index (χ3v) is 3.27. The molecule has 1 aromatic carbocycles. The molecule has 0 saturated heterocycles. The number of aliphatic hydroxyl groups is 1. The van der Waals surface area contributed by atoms with E-state index < -0.39 is 23.8 Å². The lowest BCUT2D eigenvalue weighted by atomic mass is 9.77. The van der Waals surface area contributed by atoms with Crippen molar-refractivity contribution in [2.24, 2.45) is 11.7 Å². The zero-order valence-electron chi connectivity index (χ0n) is 9.27. The minimum absolute atomic E-state index is 0. The van der Waals surface area contributed by atoms with Crippen molar-refractivity contribution in [3.8, 4) is 0 Å². The molecule has 1 aromatic rings. The number of aliphatic hydroxyl groups excluding tert-OH is 1. The molecule has 0 heterocycles. The lowest BCUT2D eigenvalue weighted by Gasteiger charge is -2.33. The van der Waals surface area contributed by atoms with Crippen LogP contribution in [-0.4, -0.2) is 11.2 Å². The highest BCUT2D eigenvalue weighted by molar-refractivity contribution is 5.85. The van der Waals surface area contributed by atoms with Crippen molar-refractivity contribution < 1.29 is 13.9 Å². The van der Waals surface area contributed by atoms with Gasteiger partial charge in [0.15, 0.2) is 0 Å². The number of rotatable bonds is 3. The molecule has 1 aliphatic rings. The Morgan fingerprint density at radius 2 is 1.71 bits per heavy atom. The molecule has 3 N–H and O–H groups in total. The normalized spacial score (nSPS) is 19.1. The summed E-state index contributed by atoms with van der Waals surface area (Å²) in [5.41, 5.74) is 6.12. The van der Waals surface area contributed by atoms with Crippen LogP contribution in [0.3, 0.4) is 0 Å².